The summed E-state index contributed by atoms with van der Waals surface area (Å²) in [5.74, 6) is -1.84. The third kappa shape index (κ3) is 4.63. The molecule has 1 amide bonds. The van der Waals surface area contributed by atoms with Crippen molar-refractivity contribution in [2.75, 3.05) is 0 Å². The predicted octanol–water partition coefficient (Wildman–Crippen LogP) is 0.279. The first-order valence-corrected chi connectivity index (χ1v) is 4.77. The molecule has 0 rings (SSSR count). The average Bonchev–Trinajstić information content (AvgIpc) is 1.96. The minimum absolute atomic E-state index is 0.262. The lowest BCUT2D eigenvalue weighted by Crippen LogP contribution is -2.52. The summed E-state index contributed by atoms with van der Waals surface area (Å²) in [5, 5.41) is 21.3. The molecule has 86 valence electrons. The number of carbonyl (C=O) groups is 2. The number of nitrogens with zero attached hydrogens (tertiary/aromatic N) is 1. The van der Waals surface area contributed by atoms with Gasteiger partial charge in [0.2, 0.25) is 17.9 Å². The first kappa shape index (κ1) is 13.7. The Hall–Kier alpha value is -1.31. The van der Waals surface area contributed by atoms with Crippen LogP contribution >= 0.6 is 11.9 Å². The monoisotopic (exact) mass is 236 g/mol. The van der Waals surface area contributed by atoms with Gasteiger partial charge in [0.05, 0.1) is 0 Å². The quantitative estimate of drug-likeness (QED) is 0.403. The molecule has 1 atom stereocenters. The molecule has 0 aliphatic carbocycles. The van der Waals surface area contributed by atoms with E-state index in [9.17, 15) is 19.7 Å². The summed E-state index contributed by atoms with van der Waals surface area (Å²) >= 11 is 0.262. The molecule has 0 heterocycles. The van der Waals surface area contributed by atoms with Gasteiger partial charge < -0.3 is 10.4 Å². The van der Waals surface area contributed by atoms with Crippen molar-refractivity contribution in [3.8, 4) is 0 Å². The second-order valence-electron chi connectivity index (χ2n) is 3.39. The van der Waals surface area contributed by atoms with E-state index in [2.05, 4.69) is 5.32 Å². The van der Waals surface area contributed by atoms with Gasteiger partial charge in [-0.15, -0.1) is 0 Å². The standard InChI is InChI=1S/C7H12N2O5S/c1-4(10)8-5(6(11)12)7(2,3)15-9(13)14/h5H,1-3H3,(H,8,10)(H,11,12). The average molecular weight is 236 g/mol. The van der Waals surface area contributed by atoms with Crippen molar-refractivity contribution in [1.82, 2.24) is 5.32 Å². The second kappa shape index (κ2) is 4.96. The molecule has 7 nitrogen and oxygen atoms in total. The summed E-state index contributed by atoms with van der Waals surface area (Å²) in [5.41, 5.74) is 0. The fraction of sp³-hybridized carbons (Fsp3) is 0.714. The summed E-state index contributed by atoms with van der Waals surface area (Å²) in [6.07, 6.45) is 0. The number of hydrogen-bond donors (Lipinski definition) is 2. The molecule has 0 aliphatic heterocycles. The van der Waals surface area contributed by atoms with E-state index in [1.807, 2.05) is 0 Å². The summed E-state index contributed by atoms with van der Waals surface area (Å²) in [6, 6.07) is -1.30. The smallest absolute Gasteiger partial charge is 0.327 e. The highest BCUT2D eigenvalue weighted by atomic mass is 32.2. The summed E-state index contributed by atoms with van der Waals surface area (Å²) < 4.78 is -1.90. The fourth-order valence-electron chi connectivity index (χ4n) is 0.981. The third-order valence-electron chi connectivity index (χ3n) is 1.60. The van der Waals surface area contributed by atoms with E-state index < -0.39 is 27.0 Å². The normalized spacial score (nSPS) is 13.0. The molecule has 0 aromatic carbocycles. The van der Waals surface area contributed by atoms with Crippen molar-refractivity contribution < 1.29 is 19.0 Å². The fourth-order valence-corrected chi connectivity index (χ4v) is 1.63. The second-order valence-corrected chi connectivity index (χ2v) is 4.92. The van der Waals surface area contributed by atoms with Gasteiger partial charge in [-0.3, -0.25) is 14.9 Å². The van der Waals surface area contributed by atoms with E-state index in [0.29, 0.717) is 0 Å². The van der Waals surface area contributed by atoms with E-state index in [0.717, 1.165) is 6.92 Å². The number of carboxylic acid groups (broad SMARTS) is 1. The predicted molar refractivity (Wildman–Crippen MR) is 53.9 cm³/mol. The maximum atomic E-state index is 10.8. The number of carboxylic acids is 1. The number of hydrogen-bond acceptors (Lipinski definition) is 5. The van der Waals surface area contributed by atoms with Crippen LogP contribution in [0.4, 0.5) is 0 Å². The molecule has 0 aromatic rings. The zero-order valence-electron chi connectivity index (χ0n) is 8.51. The van der Waals surface area contributed by atoms with Crippen molar-refractivity contribution >= 4 is 23.8 Å². The Kier molecular flexibility index (Phi) is 4.53. The maximum Gasteiger partial charge on any atom is 0.327 e. The number of nitrogens with one attached hydrogen (secondary N) is 1. The van der Waals surface area contributed by atoms with Crippen LogP contribution in [0.15, 0.2) is 0 Å². The van der Waals surface area contributed by atoms with Gasteiger partial charge >= 0.3 is 5.97 Å². The van der Waals surface area contributed by atoms with Crippen molar-refractivity contribution in [3.05, 3.63) is 10.1 Å². The molecule has 0 saturated heterocycles. The van der Waals surface area contributed by atoms with Crippen LogP contribution < -0.4 is 5.32 Å². The van der Waals surface area contributed by atoms with E-state index in [1.54, 1.807) is 0 Å². The molecule has 15 heavy (non-hydrogen) atoms. The lowest BCUT2D eigenvalue weighted by atomic mass is 10.0. The molecule has 0 saturated carbocycles. The van der Waals surface area contributed by atoms with E-state index in [-0.39, 0.29) is 11.9 Å². The SMILES string of the molecule is CC(=O)NC(C(=O)O)C(C)(C)S[N+](=O)[O-]. The number of amides is 1. The Balaban J connectivity index is 4.80. The van der Waals surface area contributed by atoms with Crippen LogP contribution in [0.25, 0.3) is 0 Å². The zero-order chi connectivity index (χ0) is 12.2. The Morgan fingerprint density at radius 2 is 2.00 bits per heavy atom. The van der Waals surface area contributed by atoms with Crippen molar-refractivity contribution in [2.45, 2.75) is 31.6 Å². The highest BCUT2D eigenvalue weighted by molar-refractivity contribution is 7.94. The molecule has 2 N–H and O–H groups in total. The highest BCUT2D eigenvalue weighted by Crippen LogP contribution is 2.28. The van der Waals surface area contributed by atoms with E-state index >= 15 is 0 Å². The van der Waals surface area contributed by atoms with Crippen molar-refractivity contribution in [1.29, 1.82) is 0 Å². The van der Waals surface area contributed by atoms with Crippen LogP contribution in [-0.2, 0) is 9.59 Å². The molecule has 0 aliphatic rings. The van der Waals surface area contributed by atoms with Gasteiger partial charge in [-0.25, -0.2) is 4.79 Å². The Labute approximate surface area is 90.5 Å². The lowest BCUT2D eigenvalue weighted by Gasteiger charge is -2.25. The van der Waals surface area contributed by atoms with Crippen LogP contribution in [-0.4, -0.2) is 32.1 Å². The van der Waals surface area contributed by atoms with Crippen LogP contribution in [0, 0.1) is 10.1 Å². The summed E-state index contributed by atoms with van der Waals surface area (Å²) in [4.78, 5) is 31.8. The van der Waals surface area contributed by atoms with Crippen molar-refractivity contribution in [3.63, 3.8) is 0 Å². The van der Waals surface area contributed by atoms with Gasteiger partial charge in [0.1, 0.15) is 15.1 Å². The molecule has 0 spiro atoms. The lowest BCUT2D eigenvalue weighted by molar-refractivity contribution is -0.286. The van der Waals surface area contributed by atoms with Crippen molar-refractivity contribution in [2.24, 2.45) is 0 Å². The van der Waals surface area contributed by atoms with Crippen LogP contribution in [0.3, 0.4) is 0 Å². The van der Waals surface area contributed by atoms with Crippen LogP contribution in [0.5, 0.6) is 0 Å². The van der Waals surface area contributed by atoms with Gasteiger partial charge in [-0.05, 0) is 13.8 Å². The molecular formula is C7H12N2O5S. The Bertz CT molecular complexity index is 291. The number of nitro groups is 1. The summed E-state index contributed by atoms with van der Waals surface area (Å²) in [6.45, 7) is 3.92. The molecular weight excluding hydrogens is 224 g/mol. The van der Waals surface area contributed by atoms with Gasteiger partial charge in [0, 0.05) is 6.92 Å². The molecule has 0 aromatic heterocycles. The third-order valence-corrected chi connectivity index (χ3v) is 2.45. The zero-order valence-corrected chi connectivity index (χ0v) is 9.33. The van der Waals surface area contributed by atoms with Gasteiger partial charge in [0.15, 0.2) is 0 Å². The summed E-state index contributed by atoms with van der Waals surface area (Å²) in [7, 11) is 0. The molecule has 0 radical (unpaired) electrons. The van der Waals surface area contributed by atoms with Gasteiger partial charge in [-0.2, -0.15) is 0 Å². The maximum absolute atomic E-state index is 10.8. The Morgan fingerprint density at radius 3 is 2.27 bits per heavy atom. The number of rotatable bonds is 5. The number of aliphatic carboxylic acids is 1. The largest absolute Gasteiger partial charge is 0.480 e. The molecule has 0 fully saturated rings. The van der Waals surface area contributed by atoms with Crippen LogP contribution in [0.2, 0.25) is 0 Å². The Morgan fingerprint density at radius 1 is 1.53 bits per heavy atom. The van der Waals surface area contributed by atoms with Gasteiger partial charge in [-0.1, -0.05) is 0 Å². The van der Waals surface area contributed by atoms with Crippen LogP contribution in [0.1, 0.15) is 20.8 Å². The number of carbonyl (C=O) groups excluding carboxylic acids is 1. The van der Waals surface area contributed by atoms with Gasteiger partial charge in [0.25, 0.3) is 0 Å². The molecule has 0 bridgehead atoms. The molecule has 1 unspecified atom stereocenters. The first-order valence-electron chi connectivity index (χ1n) is 4.00. The highest BCUT2D eigenvalue weighted by Gasteiger charge is 2.42. The topological polar surface area (TPSA) is 110 Å². The minimum Gasteiger partial charge on any atom is -0.480 e. The minimum atomic E-state index is -1.30. The first-order chi connectivity index (χ1) is 6.66. The molecule has 8 heteroatoms. The van der Waals surface area contributed by atoms with E-state index in [4.69, 9.17) is 5.11 Å². The van der Waals surface area contributed by atoms with E-state index in [1.165, 1.54) is 13.8 Å².